The van der Waals surface area contributed by atoms with E-state index in [1.807, 2.05) is 74.1 Å². The lowest BCUT2D eigenvalue weighted by molar-refractivity contribution is -0.0503. The molecule has 4 heterocycles. The van der Waals surface area contributed by atoms with Gasteiger partial charge in [-0.1, -0.05) is 18.9 Å². The van der Waals surface area contributed by atoms with Crippen molar-refractivity contribution in [1.29, 1.82) is 0 Å². The highest BCUT2D eigenvalue weighted by Gasteiger charge is 2.47. The maximum atomic E-state index is 13.2. The van der Waals surface area contributed by atoms with E-state index in [1.165, 1.54) is 6.07 Å². The summed E-state index contributed by atoms with van der Waals surface area (Å²) < 4.78 is 69.8. The molecule has 29 heteroatoms. The van der Waals surface area contributed by atoms with Crippen molar-refractivity contribution in [3.63, 3.8) is 0 Å². The van der Waals surface area contributed by atoms with Crippen LogP contribution in [0.2, 0.25) is 0 Å². The molecule has 0 radical (unpaired) electrons. The first-order valence-corrected chi connectivity index (χ1v) is 25.7. The fourth-order valence-electron chi connectivity index (χ4n) is 7.58. The Morgan fingerprint density at radius 1 is 0.914 bits per heavy atom. The summed E-state index contributed by atoms with van der Waals surface area (Å²) in [6.07, 6.45) is -4.11. The van der Waals surface area contributed by atoms with E-state index in [2.05, 4.69) is 33.4 Å². The SMILES string of the molecule is CN(C)c1ccc2c(-c3ccc(C(=O)NCCCCCCOP(=O)(O)OP(=O)(O)OP(=O)(O)OC[C@H]4O[C@@H](n5cnc6c(=O)[nH]c(N)nc65)[C@H](O)[C@@H]4O)cc3C(=O)O)c3ccc(=[N+](C)C)cc-3oc2c1. The van der Waals surface area contributed by atoms with E-state index in [9.17, 15) is 58.1 Å². The molecule has 70 heavy (non-hydrogen) atoms. The minimum atomic E-state index is -5.85. The summed E-state index contributed by atoms with van der Waals surface area (Å²) >= 11 is 0. The van der Waals surface area contributed by atoms with Crippen molar-refractivity contribution < 1.29 is 80.1 Å². The number of ether oxygens (including phenoxy) is 1. The van der Waals surface area contributed by atoms with Gasteiger partial charge in [-0.3, -0.25) is 28.2 Å². The summed E-state index contributed by atoms with van der Waals surface area (Å²) in [4.78, 5) is 80.1. The first-order valence-electron chi connectivity index (χ1n) is 21.2. The van der Waals surface area contributed by atoms with Gasteiger partial charge in [0, 0.05) is 60.5 Å². The van der Waals surface area contributed by atoms with E-state index >= 15 is 0 Å². The average Bonchev–Trinajstić information content (AvgIpc) is 3.83. The number of unbranched alkanes of at least 4 members (excludes halogenated alkanes) is 3. The number of nitrogens with two attached hydrogens (primary N) is 1. The first kappa shape index (κ1) is 52.1. The highest BCUT2D eigenvalue weighted by molar-refractivity contribution is 7.66. The molecule has 2 aliphatic heterocycles. The summed E-state index contributed by atoms with van der Waals surface area (Å²) in [5, 5.41) is 35.8. The lowest BCUT2D eigenvalue weighted by Crippen LogP contribution is -2.33. The van der Waals surface area contributed by atoms with Crippen molar-refractivity contribution in [2.45, 2.75) is 50.2 Å². The van der Waals surface area contributed by atoms with Crippen LogP contribution in [-0.2, 0) is 36.1 Å². The first-order chi connectivity index (χ1) is 32.9. The van der Waals surface area contributed by atoms with Gasteiger partial charge in [0.2, 0.25) is 11.3 Å². The molecule has 1 aliphatic carbocycles. The minimum Gasteiger partial charge on any atom is -0.478 e. The average molecular weight is 1040 g/mol. The second-order valence-electron chi connectivity index (χ2n) is 16.4. The topological polar surface area (TPSA) is 374 Å². The Hall–Kier alpha value is -5.69. The third-order valence-corrected chi connectivity index (χ3v) is 15.3. The van der Waals surface area contributed by atoms with E-state index in [0.717, 1.165) is 21.9 Å². The van der Waals surface area contributed by atoms with Crippen LogP contribution in [0.25, 0.3) is 44.6 Å². The van der Waals surface area contributed by atoms with Gasteiger partial charge in [-0.15, -0.1) is 0 Å². The Bertz CT molecular complexity index is 3210. The van der Waals surface area contributed by atoms with Gasteiger partial charge in [-0.05, 0) is 48.7 Å². The Labute approximate surface area is 396 Å². The summed E-state index contributed by atoms with van der Waals surface area (Å²) in [5.41, 5.74) is 7.69. The van der Waals surface area contributed by atoms with E-state index in [0.29, 0.717) is 52.7 Å². The number of H-pyrrole nitrogens is 1. The van der Waals surface area contributed by atoms with Crippen LogP contribution in [0.15, 0.2) is 70.1 Å². The van der Waals surface area contributed by atoms with Crippen molar-refractivity contribution >= 4 is 69.1 Å². The number of carbonyl (C=O) groups is 2. The van der Waals surface area contributed by atoms with Crippen LogP contribution in [-0.4, -0.2) is 128 Å². The van der Waals surface area contributed by atoms with Gasteiger partial charge in [0.05, 0.1) is 31.2 Å². The minimum absolute atomic E-state index is 0.0960. The number of nitrogens with zero attached hydrogens (tertiary/aromatic N) is 5. The molecule has 0 spiro atoms. The highest BCUT2D eigenvalue weighted by Crippen LogP contribution is 2.67. The number of aliphatic hydroxyl groups is 2. The molecule has 10 N–H and O–H groups in total. The number of amides is 1. The van der Waals surface area contributed by atoms with Gasteiger partial charge in [-0.2, -0.15) is 13.6 Å². The second kappa shape index (κ2) is 21.0. The summed E-state index contributed by atoms with van der Waals surface area (Å²) in [6.45, 7) is -1.34. The number of carboxylic acids is 1. The van der Waals surface area contributed by atoms with Crippen LogP contribution >= 0.6 is 23.5 Å². The molecule has 1 saturated heterocycles. The predicted molar refractivity (Wildman–Crippen MR) is 250 cm³/mol. The van der Waals surface area contributed by atoms with E-state index in [4.69, 9.17) is 19.4 Å². The van der Waals surface area contributed by atoms with Gasteiger partial charge in [-0.25, -0.2) is 28.0 Å². The number of phosphoric ester groups is 2. The molecular weight excluding hydrogens is 985 g/mol. The van der Waals surface area contributed by atoms with Gasteiger partial charge in [0.25, 0.3) is 11.5 Å². The van der Waals surface area contributed by atoms with Crippen molar-refractivity contribution in [2.24, 2.45) is 0 Å². The number of anilines is 2. The van der Waals surface area contributed by atoms with E-state index in [-0.39, 0.29) is 41.2 Å². The number of benzene rings is 3. The third-order valence-electron chi connectivity index (χ3n) is 11.0. The number of phosphoric acid groups is 3. The molecule has 0 bridgehead atoms. The zero-order valence-corrected chi connectivity index (χ0v) is 40.5. The van der Waals surface area contributed by atoms with Gasteiger partial charge < -0.3 is 55.1 Å². The van der Waals surface area contributed by atoms with Gasteiger partial charge in [0.15, 0.2) is 17.4 Å². The monoisotopic (exact) mass is 1040 g/mol. The number of carbonyl (C=O) groups excluding carboxylic acids is 1. The molecule has 1 amide bonds. The van der Waals surface area contributed by atoms with E-state index < -0.39 is 78.7 Å². The summed E-state index contributed by atoms with van der Waals surface area (Å²) in [6, 6.07) is 15.8. The number of fused-ring (bicyclic) bond motifs is 3. The number of hydrogen-bond donors (Lipinski definition) is 9. The van der Waals surface area contributed by atoms with Crippen molar-refractivity contribution in [2.75, 3.05) is 58.6 Å². The molecule has 26 nitrogen and oxygen atoms in total. The third kappa shape index (κ3) is 11.9. The fraction of sp³-hybridized carbons (Fsp3) is 0.366. The predicted octanol–water partition coefficient (Wildman–Crippen LogP) is 2.99. The van der Waals surface area contributed by atoms with Gasteiger partial charge >= 0.3 is 29.4 Å². The van der Waals surface area contributed by atoms with Gasteiger partial charge in [0.1, 0.15) is 43.8 Å². The largest absolute Gasteiger partial charge is 0.490 e. The molecule has 3 unspecified atom stereocenters. The number of nitrogens with one attached hydrogen (secondary N) is 2. The molecule has 7 rings (SSSR count). The maximum Gasteiger partial charge on any atom is 0.490 e. The fourth-order valence-corrected chi connectivity index (χ4v) is 11.1. The Morgan fingerprint density at radius 2 is 1.61 bits per heavy atom. The van der Waals surface area contributed by atoms with Crippen LogP contribution in [0.3, 0.4) is 0 Å². The van der Waals surface area contributed by atoms with Crippen molar-refractivity contribution in [3.8, 4) is 22.5 Å². The van der Waals surface area contributed by atoms with Crippen LogP contribution in [0.5, 0.6) is 0 Å². The zero-order chi connectivity index (χ0) is 50.9. The number of aromatic carboxylic acids is 1. The molecule has 0 saturated carbocycles. The molecule has 4 aromatic rings. The standard InChI is InChI=1S/C41H49N8O18P3/c1-47(2)23-10-13-26-29(18-23)64-30-19-24(48(3)4)11-14-27(30)32(26)25-12-9-22(17-28(25)40(54)55)37(52)43-15-7-5-6-8-16-62-68(56,57)66-70(60,61)67-69(58,59)63-20-31-34(50)35(51)39(65-31)49-21-44-33-36(49)45-41(42)46-38(33)53/h9-14,17-19,21,31,34-35,39,50-51H,5-8,15-16,20H2,1-4H3,(H7-,42,43,45,46,52,53,54,55,56,57,58,59,60,61)/p+1/t31-,34-,35-,39-/m1/s1. The van der Waals surface area contributed by atoms with Crippen molar-refractivity contribution in [1.82, 2.24) is 29.4 Å². The molecule has 1 fully saturated rings. The second-order valence-corrected chi connectivity index (χ2v) is 21.0. The number of rotatable bonds is 20. The molecule has 7 atom stereocenters. The number of aromatic amines is 1. The van der Waals surface area contributed by atoms with Crippen LogP contribution < -0.4 is 31.4 Å². The van der Waals surface area contributed by atoms with Crippen LogP contribution in [0, 0.1) is 0 Å². The number of carboxylic acid groups (broad SMARTS) is 1. The molecule has 376 valence electrons. The molecule has 3 aliphatic rings. The lowest BCUT2D eigenvalue weighted by atomic mass is 9.89. The number of nitrogen functional groups attached to an aromatic ring is 1. The molecule has 2 aromatic heterocycles. The lowest BCUT2D eigenvalue weighted by Gasteiger charge is -2.20. The van der Waals surface area contributed by atoms with Crippen molar-refractivity contribution in [3.05, 3.63) is 87.8 Å². The summed E-state index contributed by atoms with van der Waals surface area (Å²) in [5.74, 6) is -1.51. The van der Waals surface area contributed by atoms with Crippen LogP contribution in [0.1, 0.15) is 52.6 Å². The molecular formula is C41H50N8O18P3+. The number of imidazole rings is 1. The smallest absolute Gasteiger partial charge is 0.478 e. The molecule has 2 aromatic carbocycles. The number of aromatic nitrogens is 4. The van der Waals surface area contributed by atoms with E-state index in [1.54, 1.807) is 12.1 Å². The van der Waals surface area contributed by atoms with Crippen LogP contribution in [0.4, 0.5) is 11.6 Å². The number of aliphatic hydroxyl groups excluding tert-OH is 2. The quantitative estimate of drug-likeness (QED) is 0.0230. The summed E-state index contributed by atoms with van der Waals surface area (Å²) in [7, 11) is -9.24. The Kier molecular flexibility index (Phi) is 15.6. The Morgan fingerprint density at radius 3 is 2.31 bits per heavy atom. The normalized spacial score (nSPS) is 19.7. The highest BCUT2D eigenvalue weighted by atomic mass is 31.3. The zero-order valence-electron chi connectivity index (χ0n) is 37.8. The Balaban J connectivity index is 0.868. The number of hydrogen-bond acceptors (Lipinski definition) is 18. The maximum absolute atomic E-state index is 13.2.